The number of carbonyl (C=O) groups excluding carboxylic acids is 1. The summed E-state index contributed by atoms with van der Waals surface area (Å²) < 4.78 is 5.08. The molecule has 0 amide bonds. The smallest absolute Gasteiger partial charge is 0.338 e. The molecule has 0 atom stereocenters. The minimum Gasteiger partial charge on any atom is -0.462 e. The van der Waals surface area contributed by atoms with Crippen LogP contribution in [0.1, 0.15) is 30.1 Å². The zero-order valence-corrected chi connectivity index (χ0v) is 8.98. The molecular formula is C13H16O2. The molecule has 0 aromatic heterocycles. The summed E-state index contributed by atoms with van der Waals surface area (Å²) in [4.78, 5) is 11.4. The van der Waals surface area contributed by atoms with Crippen LogP contribution in [0.3, 0.4) is 0 Å². The summed E-state index contributed by atoms with van der Waals surface area (Å²) in [7, 11) is 0. The van der Waals surface area contributed by atoms with Crippen LogP contribution in [-0.2, 0) is 4.74 Å². The summed E-state index contributed by atoms with van der Waals surface area (Å²) in [6.07, 6.45) is 5.90. The highest BCUT2D eigenvalue weighted by Gasteiger charge is 2.03. The van der Waals surface area contributed by atoms with Gasteiger partial charge in [0.15, 0.2) is 0 Å². The minimum absolute atomic E-state index is 0.250. The van der Waals surface area contributed by atoms with E-state index in [-0.39, 0.29) is 5.97 Å². The highest BCUT2D eigenvalue weighted by Crippen LogP contribution is 2.01. The van der Waals surface area contributed by atoms with Crippen LogP contribution in [0.15, 0.2) is 42.5 Å². The Hall–Kier alpha value is -1.57. The highest BCUT2D eigenvalue weighted by atomic mass is 16.5. The van der Waals surface area contributed by atoms with Gasteiger partial charge in [0, 0.05) is 0 Å². The van der Waals surface area contributed by atoms with Gasteiger partial charge in [-0.1, -0.05) is 37.3 Å². The number of hydrogen-bond donors (Lipinski definition) is 0. The van der Waals surface area contributed by atoms with E-state index in [0.717, 1.165) is 12.8 Å². The molecule has 0 N–H and O–H groups in total. The van der Waals surface area contributed by atoms with Crippen molar-refractivity contribution in [2.75, 3.05) is 6.61 Å². The van der Waals surface area contributed by atoms with Gasteiger partial charge < -0.3 is 4.74 Å². The monoisotopic (exact) mass is 204 g/mol. The third-order valence-electron chi connectivity index (χ3n) is 1.93. The molecule has 1 rings (SSSR count). The number of ether oxygens (including phenoxy) is 1. The van der Waals surface area contributed by atoms with E-state index in [9.17, 15) is 4.79 Å². The molecule has 1 aromatic carbocycles. The Morgan fingerprint density at radius 2 is 2.00 bits per heavy atom. The zero-order valence-electron chi connectivity index (χ0n) is 8.98. The van der Waals surface area contributed by atoms with E-state index in [1.807, 2.05) is 24.3 Å². The topological polar surface area (TPSA) is 26.3 Å². The SMILES string of the molecule is CC/C=C/CCOC(=O)c1ccccc1. The normalized spacial score (nSPS) is 10.5. The van der Waals surface area contributed by atoms with E-state index in [1.165, 1.54) is 0 Å². The molecule has 2 nitrogen and oxygen atoms in total. The number of allylic oxidation sites excluding steroid dienone is 1. The Labute approximate surface area is 90.6 Å². The fourth-order valence-electron chi connectivity index (χ4n) is 1.16. The number of benzene rings is 1. The molecule has 0 unspecified atom stereocenters. The molecule has 0 radical (unpaired) electrons. The molecule has 0 saturated carbocycles. The summed E-state index contributed by atoms with van der Waals surface area (Å²) in [6, 6.07) is 9.04. The number of rotatable bonds is 5. The third-order valence-corrected chi connectivity index (χ3v) is 1.93. The molecule has 0 spiro atoms. The van der Waals surface area contributed by atoms with Crippen molar-refractivity contribution in [1.82, 2.24) is 0 Å². The van der Waals surface area contributed by atoms with E-state index >= 15 is 0 Å². The molecule has 0 bridgehead atoms. The second-order valence-corrected chi connectivity index (χ2v) is 3.17. The second-order valence-electron chi connectivity index (χ2n) is 3.17. The van der Waals surface area contributed by atoms with Gasteiger partial charge in [-0.3, -0.25) is 0 Å². The summed E-state index contributed by atoms with van der Waals surface area (Å²) in [5.41, 5.74) is 0.608. The maximum atomic E-state index is 11.4. The zero-order chi connectivity index (χ0) is 10.9. The highest BCUT2D eigenvalue weighted by molar-refractivity contribution is 5.89. The fourth-order valence-corrected chi connectivity index (χ4v) is 1.16. The first-order chi connectivity index (χ1) is 7.34. The van der Waals surface area contributed by atoms with Gasteiger partial charge in [-0.25, -0.2) is 4.79 Å². The summed E-state index contributed by atoms with van der Waals surface area (Å²) in [5.74, 6) is -0.250. The number of esters is 1. The van der Waals surface area contributed by atoms with Crippen molar-refractivity contribution in [3.05, 3.63) is 48.0 Å². The van der Waals surface area contributed by atoms with E-state index in [4.69, 9.17) is 4.74 Å². The van der Waals surface area contributed by atoms with E-state index in [2.05, 4.69) is 13.0 Å². The van der Waals surface area contributed by atoms with Crippen LogP contribution >= 0.6 is 0 Å². The predicted molar refractivity (Wildman–Crippen MR) is 60.8 cm³/mol. The summed E-state index contributed by atoms with van der Waals surface area (Å²) in [5, 5.41) is 0. The molecule has 80 valence electrons. The van der Waals surface area contributed by atoms with Crippen molar-refractivity contribution < 1.29 is 9.53 Å². The standard InChI is InChI=1S/C13H16O2/c1-2-3-4-8-11-15-13(14)12-9-6-5-7-10-12/h3-7,9-10H,2,8,11H2,1H3/b4-3+. The lowest BCUT2D eigenvalue weighted by molar-refractivity contribution is 0.0511. The molecule has 0 saturated heterocycles. The molecular weight excluding hydrogens is 188 g/mol. The second kappa shape index (κ2) is 6.82. The van der Waals surface area contributed by atoms with Crippen molar-refractivity contribution in [3.63, 3.8) is 0 Å². The number of hydrogen-bond acceptors (Lipinski definition) is 2. The van der Waals surface area contributed by atoms with Gasteiger partial charge in [0.05, 0.1) is 12.2 Å². The Morgan fingerprint density at radius 3 is 2.67 bits per heavy atom. The van der Waals surface area contributed by atoms with Crippen LogP contribution in [-0.4, -0.2) is 12.6 Å². The average Bonchev–Trinajstić information content (AvgIpc) is 2.30. The van der Waals surface area contributed by atoms with Crippen molar-refractivity contribution in [2.45, 2.75) is 19.8 Å². The first-order valence-electron chi connectivity index (χ1n) is 5.21. The van der Waals surface area contributed by atoms with Crippen molar-refractivity contribution in [2.24, 2.45) is 0 Å². The van der Waals surface area contributed by atoms with Crippen LogP contribution in [0.5, 0.6) is 0 Å². The van der Waals surface area contributed by atoms with Crippen molar-refractivity contribution >= 4 is 5.97 Å². The van der Waals surface area contributed by atoms with E-state index in [0.29, 0.717) is 12.2 Å². The Morgan fingerprint density at radius 1 is 1.27 bits per heavy atom. The largest absolute Gasteiger partial charge is 0.462 e. The molecule has 1 aromatic rings. The average molecular weight is 204 g/mol. The van der Waals surface area contributed by atoms with Gasteiger partial charge in [0.1, 0.15) is 0 Å². The van der Waals surface area contributed by atoms with Gasteiger partial charge in [-0.05, 0) is 25.0 Å². The van der Waals surface area contributed by atoms with E-state index < -0.39 is 0 Å². The van der Waals surface area contributed by atoms with Crippen molar-refractivity contribution in [1.29, 1.82) is 0 Å². The quantitative estimate of drug-likeness (QED) is 0.418. The van der Waals surface area contributed by atoms with E-state index in [1.54, 1.807) is 12.1 Å². The predicted octanol–water partition coefficient (Wildman–Crippen LogP) is 3.20. The van der Waals surface area contributed by atoms with Gasteiger partial charge in [0.25, 0.3) is 0 Å². The molecule has 0 heterocycles. The molecule has 2 heteroatoms. The Bertz CT molecular complexity index is 315. The van der Waals surface area contributed by atoms with Crippen LogP contribution < -0.4 is 0 Å². The minimum atomic E-state index is -0.250. The van der Waals surface area contributed by atoms with Gasteiger partial charge in [-0.2, -0.15) is 0 Å². The van der Waals surface area contributed by atoms with Crippen LogP contribution in [0.4, 0.5) is 0 Å². The summed E-state index contributed by atoms with van der Waals surface area (Å²) >= 11 is 0. The summed E-state index contributed by atoms with van der Waals surface area (Å²) in [6.45, 7) is 2.52. The Balaban J connectivity index is 2.28. The molecule has 0 aliphatic rings. The maximum absolute atomic E-state index is 11.4. The lowest BCUT2D eigenvalue weighted by atomic mass is 10.2. The Kier molecular flexibility index (Phi) is 5.23. The molecule has 15 heavy (non-hydrogen) atoms. The molecule has 0 aliphatic carbocycles. The lowest BCUT2D eigenvalue weighted by Gasteiger charge is -2.02. The molecule has 0 fully saturated rings. The molecule has 0 aliphatic heterocycles. The first kappa shape index (κ1) is 11.5. The van der Waals surface area contributed by atoms with Crippen LogP contribution in [0.2, 0.25) is 0 Å². The third kappa shape index (κ3) is 4.45. The van der Waals surface area contributed by atoms with Gasteiger partial charge in [-0.15, -0.1) is 0 Å². The fraction of sp³-hybridized carbons (Fsp3) is 0.308. The van der Waals surface area contributed by atoms with Gasteiger partial charge in [0.2, 0.25) is 0 Å². The van der Waals surface area contributed by atoms with Crippen molar-refractivity contribution in [3.8, 4) is 0 Å². The van der Waals surface area contributed by atoms with Gasteiger partial charge >= 0.3 is 5.97 Å². The number of carbonyl (C=O) groups is 1. The maximum Gasteiger partial charge on any atom is 0.338 e. The van der Waals surface area contributed by atoms with Crippen LogP contribution in [0, 0.1) is 0 Å². The van der Waals surface area contributed by atoms with Crippen LogP contribution in [0.25, 0.3) is 0 Å². The first-order valence-corrected chi connectivity index (χ1v) is 5.21. The lowest BCUT2D eigenvalue weighted by Crippen LogP contribution is -2.05.